The van der Waals surface area contributed by atoms with Crippen LogP contribution in [0.2, 0.25) is 0 Å². The monoisotopic (exact) mass is 398 g/mol. The predicted octanol–water partition coefficient (Wildman–Crippen LogP) is 3.37. The number of rotatable bonds is 5. The molecular weight excluding hydrogens is 375 g/mol. The van der Waals surface area contributed by atoms with Crippen molar-refractivity contribution in [1.82, 2.24) is 20.2 Å². The molecule has 1 aliphatic heterocycles. The number of hydrogen-bond acceptors (Lipinski definition) is 7. The highest BCUT2D eigenvalue weighted by Gasteiger charge is 2.28. The second-order valence-electron chi connectivity index (χ2n) is 7.41. The van der Waals surface area contributed by atoms with Crippen molar-refractivity contribution in [2.75, 3.05) is 37.0 Å². The second-order valence-corrected chi connectivity index (χ2v) is 7.41. The Labute approximate surface area is 168 Å². The molecule has 0 bridgehead atoms. The summed E-state index contributed by atoms with van der Waals surface area (Å²) < 4.78 is 25.1. The Kier molecular flexibility index (Phi) is 5.06. The highest BCUT2D eigenvalue weighted by molar-refractivity contribution is 5.66. The molecule has 0 unspecified atom stereocenters. The van der Waals surface area contributed by atoms with Crippen molar-refractivity contribution in [3.63, 3.8) is 0 Å². The quantitative estimate of drug-likeness (QED) is 0.681. The SMILES string of the molecule is COc1ccc(-c2cc(Nc3ccnc(N4CCOC(C)(C)C4)n3)n[nH]2)c(F)c1. The van der Waals surface area contributed by atoms with Crippen molar-refractivity contribution in [3.05, 3.63) is 42.3 Å². The number of benzene rings is 1. The van der Waals surface area contributed by atoms with Crippen molar-refractivity contribution >= 4 is 17.6 Å². The topological polar surface area (TPSA) is 88.2 Å². The van der Waals surface area contributed by atoms with Crippen LogP contribution >= 0.6 is 0 Å². The molecule has 1 saturated heterocycles. The van der Waals surface area contributed by atoms with E-state index >= 15 is 0 Å². The highest BCUT2D eigenvalue weighted by atomic mass is 19.1. The summed E-state index contributed by atoms with van der Waals surface area (Å²) >= 11 is 0. The lowest BCUT2D eigenvalue weighted by atomic mass is 10.1. The first kappa shape index (κ1) is 19.1. The molecule has 1 aromatic carbocycles. The normalized spacial score (nSPS) is 15.9. The van der Waals surface area contributed by atoms with Gasteiger partial charge in [0.25, 0.3) is 0 Å². The molecule has 0 amide bonds. The molecule has 152 valence electrons. The summed E-state index contributed by atoms with van der Waals surface area (Å²) in [6.07, 6.45) is 1.70. The molecule has 0 spiro atoms. The minimum Gasteiger partial charge on any atom is -0.497 e. The summed E-state index contributed by atoms with van der Waals surface area (Å²) in [5.74, 6) is 1.83. The van der Waals surface area contributed by atoms with E-state index in [1.165, 1.54) is 13.2 Å². The number of aromatic amines is 1. The van der Waals surface area contributed by atoms with Gasteiger partial charge in [-0.3, -0.25) is 5.10 Å². The van der Waals surface area contributed by atoms with E-state index in [-0.39, 0.29) is 11.4 Å². The third-order valence-electron chi connectivity index (χ3n) is 4.65. The zero-order valence-electron chi connectivity index (χ0n) is 16.6. The number of nitrogens with zero attached hydrogens (tertiary/aromatic N) is 4. The summed E-state index contributed by atoms with van der Waals surface area (Å²) in [5.41, 5.74) is 0.715. The number of ether oxygens (including phenoxy) is 2. The van der Waals surface area contributed by atoms with Gasteiger partial charge in [-0.25, -0.2) is 9.37 Å². The van der Waals surface area contributed by atoms with Crippen molar-refractivity contribution in [2.24, 2.45) is 0 Å². The average Bonchev–Trinajstić information content (AvgIpc) is 3.15. The zero-order chi connectivity index (χ0) is 20.4. The van der Waals surface area contributed by atoms with E-state index in [0.29, 0.717) is 47.7 Å². The standard InChI is InChI=1S/C20H23FN6O2/c1-20(2)12-27(8-9-29-20)19-22-7-6-17(24-19)23-18-11-16(25-26-18)14-5-4-13(28-3)10-15(14)21/h4-7,10-11H,8-9,12H2,1-3H3,(H2,22,23,24,25,26). The fourth-order valence-electron chi connectivity index (χ4n) is 3.25. The molecule has 9 heteroatoms. The summed E-state index contributed by atoms with van der Waals surface area (Å²) in [5, 5.41) is 10.2. The van der Waals surface area contributed by atoms with Gasteiger partial charge in [-0.1, -0.05) is 0 Å². The third kappa shape index (κ3) is 4.29. The van der Waals surface area contributed by atoms with Crippen LogP contribution in [0, 0.1) is 5.82 Å². The van der Waals surface area contributed by atoms with E-state index in [4.69, 9.17) is 9.47 Å². The van der Waals surface area contributed by atoms with Crippen LogP contribution in [0.1, 0.15) is 13.8 Å². The Morgan fingerprint density at radius 2 is 2.10 bits per heavy atom. The number of methoxy groups -OCH3 is 1. The van der Waals surface area contributed by atoms with Crippen LogP contribution in [0.25, 0.3) is 11.3 Å². The first-order chi connectivity index (χ1) is 13.9. The molecule has 3 heterocycles. The lowest BCUT2D eigenvalue weighted by Crippen LogP contribution is -2.49. The molecule has 29 heavy (non-hydrogen) atoms. The molecule has 0 aliphatic carbocycles. The van der Waals surface area contributed by atoms with Gasteiger partial charge in [-0.2, -0.15) is 10.1 Å². The Morgan fingerprint density at radius 1 is 1.24 bits per heavy atom. The van der Waals surface area contributed by atoms with Gasteiger partial charge in [-0.05, 0) is 32.0 Å². The van der Waals surface area contributed by atoms with Crippen molar-refractivity contribution in [2.45, 2.75) is 19.4 Å². The number of H-pyrrole nitrogens is 1. The second kappa shape index (κ2) is 7.67. The van der Waals surface area contributed by atoms with Crippen LogP contribution in [-0.4, -0.2) is 52.6 Å². The molecule has 4 rings (SSSR count). The minimum absolute atomic E-state index is 0.245. The summed E-state index contributed by atoms with van der Waals surface area (Å²) in [4.78, 5) is 11.1. The van der Waals surface area contributed by atoms with Gasteiger partial charge >= 0.3 is 0 Å². The maximum Gasteiger partial charge on any atom is 0.227 e. The predicted molar refractivity (Wildman–Crippen MR) is 108 cm³/mol. The van der Waals surface area contributed by atoms with Crippen molar-refractivity contribution in [1.29, 1.82) is 0 Å². The summed E-state index contributed by atoms with van der Waals surface area (Å²) in [6.45, 7) is 6.16. The van der Waals surface area contributed by atoms with E-state index in [1.54, 1.807) is 30.5 Å². The van der Waals surface area contributed by atoms with E-state index in [2.05, 4.69) is 30.4 Å². The highest BCUT2D eigenvalue weighted by Crippen LogP contribution is 2.27. The Morgan fingerprint density at radius 3 is 2.86 bits per heavy atom. The average molecular weight is 398 g/mol. The third-order valence-corrected chi connectivity index (χ3v) is 4.65. The van der Waals surface area contributed by atoms with Crippen LogP contribution in [-0.2, 0) is 4.74 Å². The maximum atomic E-state index is 14.3. The minimum atomic E-state index is -0.390. The van der Waals surface area contributed by atoms with E-state index in [9.17, 15) is 4.39 Å². The van der Waals surface area contributed by atoms with Gasteiger partial charge in [0.1, 0.15) is 17.4 Å². The number of morpholine rings is 1. The Hall–Kier alpha value is -3.20. The molecule has 3 aromatic rings. The molecule has 2 N–H and O–H groups in total. The van der Waals surface area contributed by atoms with Crippen LogP contribution in [0.5, 0.6) is 5.75 Å². The number of anilines is 3. The van der Waals surface area contributed by atoms with Crippen LogP contribution < -0.4 is 15.0 Å². The van der Waals surface area contributed by atoms with Crippen molar-refractivity contribution in [3.8, 4) is 17.0 Å². The molecule has 1 aliphatic rings. The first-order valence-electron chi connectivity index (χ1n) is 9.32. The van der Waals surface area contributed by atoms with Crippen LogP contribution in [0.4, 0.5) is 22.0 Å². The molecule has 0 atom stereocenters. The Bertz CT molecular complexity index is 1010. The van der Waals surface area contributed by atoms with Crippen molar-refractivity contribution < 1.29 is 13.9 Å². The van der Waals surface area contributed by atoms with E-state index in [1.807, 2.05) is 13.8 Å². The van der Waals surface area contributed by atoms with Crippen LogP contribution in [0.3, 0.4) is 0 Å². The smallest absolute Gasteiger partial charge is 0.227 e. The summed E-state index contributed by atoms with van der Waals surface area (Å²) in [7, 11) is 1.50. The van der Waals surface area contributed by atoms with Gasteiger partial charge in [-0.15, -0.1) is 0 Å². The molecule has 8 nitrogen and oxygen atoms in total. The van der Waals surface area contributed by atoms with E-state index < -0.39 is 0 Å². The molecule has 0 radical (unpaired) electrons. The van der Waals surface area contributed by atoms with Gasteiger partial charge in [0, 0.05) is 37.0 Å². The van der Waals surface area contributed by atoms with E-state index in [0.717, 1.165) is 6.54 Å². The number of nitrogens with one attached hydrogen (secondary N) is 2. The van der Waals surface area contributed by atoms with Gasteiger partial charge in [0.2, 0.25) is 5.95 Å². The lowest BCUT2D eigenvalue weighted by molar-refractivity contribution is -0.0281. The van der Waals surface area contributed by atoms with Gasteiger partial charge < -0.3 is 19.7 Å². The number of hydrogen-bond donors (Lipinski definition) is 2. The largest absolute Gasteiger partial charge is 0.497 e. The summed E-state index contributed by atoms with van der Waals surface area (Å²) in [6, 6.07) is 8.17. The van der Waals surface area contributed by atoms with Gasteiger partial charge in [0.15, 0.2) is 5.82 Å². The lowest BCUT2D eigenvalue weighted by Gasteiger charge is -2.38. The Balaban J connectivity index is 1.51. The van der Waals surface area contributed by atoms with Crippen LogP contribution in [0.15, 0.2) is 36.5 Å². The molecule has 2 aromatic heterocycles. The number of halogens is 1. The molecule has 0 saturated carbocycles. The fourth-order valence-corrected chi connectivity index (χ4v) is 3.25. The fraction of sp³-hybridized carbons (Fsp3) is 0.350. The number of aromatic nitrogens is 4. The first-order valence-corrected chi connectivity index (χ1v) is 9.32. The maximum absolute atomic E-state index is 14.3. The molecular formula is C20H23FN6O2. The zero-order valence-corrected chi connectivity index (χ0v) is 16.6. The van der Waals surface area contributed by atoms with Gasteiger partial charge in [0.05, 0.1) is 25.0 Å². The molecule has 1 fully saturated rings.